The SMILES string of the molecule is CN(CCC#N)[Si](C)(C)C. The van der Waals surface area contributed by atoms with Gasteiger partial charge in [0, 0.05) is 13.0 Å². The Bertz CT molecular complexity index is 132. The van der Waals surface area contributed by atoms with E-state index in [1.807, 2.05) is 0 Å². The second kappa shape index (κ2) is 3.74. The quantitative estimate of drug-likeness (QED) is 0.581. The molecule has 0 spiro atoms. The van der Waals surface area contributed by atoms with Crippen molar-refractivity contribution in [1.29, 1.82) is 5.26 Å². The van der Waals surface area contributed by atoms with Gasteiger partial charge in [-0.3, -0.25) is 0 Å². The summed E-state index contributed by atoms with van der Waals surface area (Å²) in [6, 6.07) is 2.15. The van der Waals surface area contributed by atoms with Gasteiger partial charge in [0.05, 0.1) is 6.07 Å². The lowest BCUT2D eigenvalue weighted by atomic mass is 10.5. The van der Waals surface area contributed by atoms with Gasteiger partial charge in [-0.1, -0.05) is 19.6 Å². The van der Waals surface area contributed by atoms with Crippen LogP contribution < -0.4 is 0 Å². The Hall–Kier alpha value is -0.333. The molecule has 3 heteroatoms. The first-order valence-corrected chi connectivity index (χ1v) is 7.01. The molecule has 10 heavy (non-hydrogen) atoms. The molecule has 0 radical (unpaired) electrons. The molecule has 0 fully saturated rings. The Morgan fingerprint density at radius 2 is 1.90 bits per heavy atom. The third-order valence-electron chi connectivity index (χ3n) is 1.70. The van der Waals surface area contributed by atoms with Crippen LogP contribution in [0.3, 0.4) is 0 Å². The first-order chi connectivity index (χ1) is 4.48. The monoisotopic (exact) mass is 156 g/mol. The summed E-state index contributed by atoms with van der Waals surface area (Å²) in [5, 5.41) is 8.32. The second-order valence-corrected chi connectivity index (χ2v) is 8.61. The van der Waals surface area contributed by atoms with E-state index in [0.29, 0.717) is 6.42 Å². The molecule has 0 bridgehead atoms. The lowest BCUT2D eigenvalue weighted by molar-refractivity contribution is 0.520. The fourth-order valence-electron chi connectivity index (χ4n) is 0.553. The van der Waals surface area contributed by atoms with Gasteiger partial charge >= 0.3 is 0 Å². The molecule has 0 aliphatic rings. The second-order valence-electron chi connectivity index (χ2n) is 3.50. The maximum atomic E-state index is 8.32. The lowest BCUT2D eigenvalue weighted by Gasteiger charge is -2.28. The Morgan fingerprint density at radius 3 is 2.20 bits per heavy atom. The molecule has 0 aliphatic heterocycles. The molecular formula is C7H16N2Si. The van der Waals surface area contributed by atoms with Gasteiger partial charge < -0.3 is 4.57 Å². The average Bonchev–Trinajstić information content (AvgIpc) is 1.80. The number of hydrogen-bond acceptors (Lipinski definition) is 2. The van der Waals surface area contributed by atoms with Crippen molar-refractivity contribution < 1.29 is 0 Å². The molecule has 0 heterocycles. The molecule has 0 aromatic rings. The van der Waals surface area contributed by atoms with Gasteiger partial charge in [-0.25, -0.2) is 0 Å². The zero-order valence-corrected chi connectivity index (χ0v) is 8.31. The van der Waals surface area contributed by atoms with Gasteiger partial charge in [-0.2, -0.15) is 5.26 Å². The number of hydrogen-bond donors (Lipinski definition) is 0. The molecule has 0 saturated heterocycles. The van der Waals surface area contributed by atoms with E-state index < -0.39 is 8.24 Å². The largest absolute Gasteiger partial charge is 0.326 e. The highest BCUT2D eigenvalue weighted by Gasteiger charge is 2.18. The zero-order chi connectivity index (χ0) is 8.20. The topological polar surface area (TPSA) is 27.0 Å². The van der Waals surface area contributed by atoms with E-state index in [9.17, 15) is 0 Å². The first kappa shape index (κ1) is 9.67. The highest BCUT2D eigenvalue weighted by Crippen LogP contribution is 2.05. The van der Waals surface area contributed by atoms with Gasteiger partial charge in [-0.05, 0) is 7.05 Å². The van der Waals surface area contributed by atoms with Crippen LogP contribution in [0.5, 0.6) is 0 Å². The molecule has 0 aromatic heterocycles. The number of rotatable bonds is 3. The Kier molecular flexibility index (Phi) is 3.62. The summed E-state index contributed by atoms with van der Waals surface area (Å²) in [6.45, 7) is 7.77. The van der Waals surface area contributed by atoms with Crippen LogP contribution >= 0.6 is 0 Å². The van der Waals surface area contributed by atoms with Crippen LogP contribution in [-0.2, 0) is 0 Å². The fraction of sp³-hybridized carbons (Fsp3) is 0.857. The van der Waals surface area contributed by atoms with Crippen LogP contribution in [0, 0.1) is 11.3 Å². The highest BCUT2D eigenvalue weighted by atomic mass is 28.3. The molecule has 0 N–H and O–H groups in total. The van der Waals surface area contributed by atoms with Crippen LogP contribution in [0.2, 0.25) is 19.6 Å². The molecule has 0 aliphatic carbocycles. The van der Waals surface area contributed by atoms with Gasteiger partial charge in [-0.15, -0.1) is 0 Å². The fourth-order valence-corrected chi connectivity index (χ4v) is 1.34. The Labute approximate surface area is 64.5 Å². The highest BCUT2D eigenvalue weighted by molar-refractivity contribution is 6.73. The minimum Gasteiger partial charge on any atom is -0.326 e. The molecule has 0 unspecified atom stereocenters. The van der Waals surface area contributed by atoms with Crippen molar-refractivity contribution in [3.8, 4) is 6.07 Å². The summed E-state index contributed by atoms with van der Waals surface area (Å²) < 4.78 is 2.32. The lowest BCUT2D eigenvalue weighted by Crippen LogP contribution is -2.43. The average molecular weight is 156 g/mol. The summed E-state index contributed by atoms with van der Waals surface area (Å²) in [7, 11) is 0.985. The number of nitriles is 1. The van der Waals surface area contributed by atoms with E-state index in [0.717, 1.165) is 6.54 Å². The maximum absolute atomic E-state index is 8.32. The van der Waals surface area contributed by atoms with Crippen LogP contribution in [-0.4, -0.2) is 26.4 Å². The van der Waals surface area contributed by atoms with Gasteiger partial charge in [0.2, 0.25) is 0 Å². The van der Waals surface area contributed by atoms with Crippen molar-refractivity contribution in [3.63, 3.8) is 0 Å². The Balaban J connectivity index is 3.65. The summed E-state index contributed by atoms with van der Waals surface area (Å²) in [5.74, 6) is 0. The predicted octanol–water partition coefficient (Wildman–Crippen LogP) is 1.67. The summed E-state index contributed by atoms with van der Waals surface area (Å²) in [4.78, 5) is 0. The van der Waals surface area contributed by atoms with Crippen LogP contribution in [0.25, 0.3) is 0 Å². The molecule has 0 atom stereocenters. The third-order valence-corrected chi connectivity index (χ3v) is 4.22. The normalized spacial score (nSPS) is 11.6. The van der Waals surface area contributed by atoms with E-state index in [4.69, 9.17) is 5.26 Å². The molecule has 0 rings (SSSR count). The van der Waals surface area contributed by atoms with Crippen molar-refractivity contribution in [2.75, 3.05) is 13.6 Å². The minimum absolute atomic E-state index is 0.654. The van der Waals surface area contributed by atoms with Crippen molar-refractivity contribution in [2.45, 2.75) is 26.1 Å². The van der Waals surface area contributed by atoms with Crippen LogP contribution in [0.15, 0.2) is 0 Å². The smallest absolute Gasteiger partial charge is 0.118 e. The van der Waals surface area contributed by atoms with Crippen molar-refractivity contribution in [1.82, 2.24) is 4.57 Å². The van der Waals surface area contributed by atoms with E-state index in [2.05, 4.69) is 37.3 Å². The van der Waals surface area contributed by atoms with Gasteiger partial charge in [0.15, 0.2) is 0 Å². The number of nitrogens with zero attached hydrogens (tertiary/aromatic N) is 2. The van der Waals surface area contributed by atoms with E-state index in [1.165, 1.54) is 0 Å². The summed E-state index contributed by atoms with van der Waals surface area (Å²) in [6.07, 6.45) is 0.654. The molecular weight excluding hydrogens is 140 g/mol. The van der Waals surface area contributed by atoms with Gasteiger partial charge in [0.1, 0.15) is 8.24 Å². The zero-order valence-electron chi connectivity index (χ0n) is 7.31. The molecule has 0 aromatic carbocycles. The van der Waals surface area contributed by atoms with E-state index in [-0.39, 0.29) is 0 Å². The molecule has 0 saturated carbocycles. The van der Waals surface area contributed by atoms with Crippen LogP contribution in [0.1, 0.15) is 6.42 Å². The molecule has 58 valence electrons. The summed E-state index contributed by atoms with van der Waals surface area (Å²) in [5.41, 5.74) is 0. The Morgan fingerprint density at radius 1 is 1.40 bits per heavy atom. The maximum Gasteiger partial charge on any atom is 0.118 e. The van der Waals surface area contributed by atoms with Crippen molar-refractivity contribution in [3.05, 3.63) is 0 Å². The standard InChI is InChI=1S/C7H16N2Si/c1-9(7-5-6-8)10(2,3)4/h5,7H2,1-4H3. The third kappa shape index (κ3) is 3.65. The summed E-state index contributed by atoms with van der Waals surface area (Å²) >= 11 is 0. The molecule has 2 nitrogen and oxygen atoms in total. The van der Waals surface area contributed by atoms with E-state index in [1.54, 1.807) is 0 Å². The van der Waals surface area contributed by atoms with Crippen molar-refractivity contribution in [2.24, 2.45) is 0 Å². The van der Waals surface area contributed by atoms with E-state index >= 15 is 0 Å². The minimum atomic E-state index is -1.12. The van der Waals surface area contributed by atoms with Gasteiger partial charge in [0.25, 0.3) is 0 Å². The van der Waals surface area contributed by atoms with Crippen molar-refractivity contribution >= 4 is 8.24 Å². The first-order valence-electron chi connectivity index (χ1n) is 3.56. The predicted molar refractivity (Wildman–Crippen MR) is 46.2 cm³/mol. The van der Waals surface area contributed by atoms with Crippen LogP contribution in [0.4, 0.5) is 0 Å². The molecule has 0 amide bonds.